The Morgan fingerprint density at radius 3 is 2.50 bits per heavy atom. The smallest absolute Gasteiger partial charge is 0.0910 e. The fourth-order valence-electron chi connectivity index (χ4n) is 1.69. The summed E-state index contributed by atoms with van der Waals surface area (Å²) in [6, 6.07) is 0. The minimum absolute atomic E-state index is 0.769. The molecule has 0 radical (unpaired) electrons. The second-order valence-corrected chi connectivity index (χ2v) is 4.74. The molecular formula is C8H18N2OS. The van der Waals surface area contributed by atoms with E-state index in [1.807, 2.05) is 4.31 Å². The van der Waals surface area contributed by atoms with Gasteiger partial charge in [-0.2, -0.15) is 0 Å². The summed E-state index contributed by atoms with van der Waals surface area (Å²) in [7, 11) is -0.769. The Kier molecular flexibility index (Phi) is 4.18. The van der Waals surface area contributed by atoms with Crippen molar-refractivity contribution in [3.63, 3.8) is 0 Å². The monoisotopic (exact) mass is 190 g/mol. The van der Waals surface area contributed by atoms with Gasteiger partial charge in [-0.05, 0) is 31.7 Å². The maximum atomic E-state index is 11.1. The lowest BCUT2D eigenvalue weighted by Crippen LogP contribution is -2.35. The van der Waals surface area contributed by atoms with Crippen LogP contribution in [-0.2, 0) is 11.0 Å². The number of hydrogen-bond acceptors (Lipinski definition) is 2. The molecule has 0 aromatic heterocycles. The van der Waals surface area contributed by atoms with Gasteiger partial charge in [0.25, 0.3) is 0 Å². The first kappa shape index (κ1) is 10.2. The average molecular weight is 190 g/mol. The van der Waals surface area contributed by atoms with Crippen LogP contribution >= 0.6 is 0 Å². The maximum absolute atomic E-state index is 11.1. The molecular weight excluding hydrogens is 172 g/mol. The molecule has 1 aliphatic rings. The first-order valence-corrected chi connectivity index (χ1v) is 6.04. The SMILES string of the molecule is CS(=O)N1CCC(CCN)CC1. The molecule has 3 nitrogen and oxygen atoms in total. The van der Waals surface area contributed by atoms with Gasteiger partial charge in [-0.3, -0.25) is 0 Å². The van der Waals surface area contributed by atoms with Crippen LogP contribution in [0.3, 0.4) is 0 Å². The van der Waals surface area contributed by atoms with Crippen LogP contribution in [0.5, 0.6) is 0 Å². The molecule has 1 atom stereocenters. The Morgan fingerprint density at radius 1 is 1.50 bits per heavy atom. The van der Waals surface area contributed by atoms with Gasteiger partial charge in [0.15, 0.2) is 0 Å². The summed E-state index contributed by atoms with van der Waals surface area (Å²) in [5.41, 5.74) is 5.48. The van der Waals surface area contributed by atoms with Crippen LogP contribution in [0.15, 0.2) is 0 Å². The molecule has 0 spiro atoms. The van der Waals surface area contributed by atoms with Crippen LogP contribution in [0.2, 0.25) is 0 Å². The Bertz CT molecular complexity index is 155. The van der Waals surface area contributed by atoms with Crippen molar-refractivity contribution in [3.8, 4) is 0 Å². The minimum atomic E-state index is -0.769. The first-order chi connectivity index (χ1) is 5.74. The van der Waals surface area contributed by atoms with Crippen molar-refractivity contribution in [2.75, 3.05) is 25.9 Å². The molecule has 1 aliphatic heterocycles. The van der Waals surface area contributed by atoms with Crippen molar-refractivity contribution in [1.29, 1.82) is 0 Å². The molecule has 2 N–H and O–H groups in total. The molecule has 0 aromatic carbocycles. The van der Waals surface area contributed by atoms with E-state index in [9.17, 15) is 4.21 Å². The van der Waals surface area contributed by atoms with E-state index in [0.29, 0.717) is 0 Å². The van der Waals surface area contributed by atoms with Gasteiger partial charge in [0.05, 0.1) is 11.0 Å². The predicted molar refractivity (Wildman–Crippen MR) is 52.0 cm³/mol. The van der Waals surface area contributed by atoms with Gasteiger partial charge >= 0.3 is 0 Å². The lowest BCUT2D eigenvalue weighted by molar-refractivity contribution is 0.275. The van der Waals surface area contributed by atoms with E-state index in [-0.39, 0.29) is 0 Å². The topological polar surface area (TPSA) is 46.3 Å². The third-order valence-electron chi connectivity index (χ3n) is 2.51. The highest BCUT2D eigenvalue weighted by Crippen LogP contribution is 2.20. The van der Waals surface area contributed by atoms with Crippen molar-refractivity contribution < 1.29 is 4.21 Å². The molecule has 0 aromatic rings. The third kappa shape index (κ3) is 2.84. The van der Waals surface area contributed by atoms with Crippen molar-refractivity contribution in [2.45, 2.75) is 19.3 Å². The predicted octanol–water partition coefficient (Wildman–Crippen LogP) is 0.341. The highest BCUT2D eigenvalue weighted by atomic mass is 32.2. The first-order valence-electron chi connectivity index (χ1n) is 4.52. The highest BCUT2D eigenvalue weighted by Gasteiger charge is 2.19. The quantitative estimate of drug-likeness (QED) is 0.697. The van der Waals surface area contributed by atoms with Crippen molar-refractivity contribution in [1.82, 2.24) is 4.31 Å². The Labute approximate surface area is 76.9 Å². The number of hydrogen-bond donors (Lipinski definition) is 1. The number of piperidine rings is 1. The fourth-order valence-corrected chi connectivity index (χ4v) is 2.42. The fraction of sp³-hybridized carbons (Fsp3) is 1.00. The summed E-state index contributed by atoms with van der Waals surface area (Å²) < 4.78 is 13.1. The van der Waals surface area contributed by atoms with E-state index in [1.165, 1.54) is 0 Å². The van der Waals surface area contributed by atoms with E-state index in [0.717, 1.165) is 44.8 Å². The largest absolute Gasteiger partial charge is 0.330 e. The standard InChI is InChI=1S/C8H18N2OS/c1-12(11)10-6-3-8(2-5-9)4-7-10/h8H,2-7,9H2,1H3. The van der Waals surface area contributed by atoms with Crippen LogP contribution < -0.4 is 5.73 Å². The van der Waals surface area contributed by atoms with E-state index in [1.54, 1.807) is 6.26 Å². The van der Waals surface area contributed by atoms with Gasteiger partial charge in [0.1, 0.15) is 0 Å². The molecule has 1 rings (SSSR count). The molecule has 1 saturated heterocycles. The maximum Gasteiger partial charge on any atom is 0.0910 e. The summed E-state index contributed by atoms with van der Waals surface area (Å²) in [5, 5.41) is 0. The van der Waals surface area contributed by atoms with E-state index in [2.05, 4.69) is 0 Å². The lowest BCUT2D eigenvalue weighted by atomic mass is 9.95. The van der Waals surface area contributed by atoms with E-state index in [4.69, 9.17) is 5.73 Å². The molecule has 72 valence electrons. The normalized spacial score (nSPS) is 24.2. The lowest BCUT2D eigenvalue weighted by Gasteiger charge is -2.29. The van der Waals surface area contributed by atoms with Gasteiger partial charge in [-0.15, -0.1) is 0 Å². The molecule has 4 heteroatoms. The molecule has 12 heavy (non-hydrogen) atoms. The van der Waals surface area contributed by atoms with Crippen LogP contribution in [0, 0.1) is 5.92 Å². The van der Waals surface area contributed by atoms with E-state index < -0.39 is 11.0 Å². The molecule has 1 unspecified atom stereocenters. The van der Waals surface area contributed by atoms with Gasteiger partial charge in [0.2, 0.25) is 0 Å². The Morgan fingerprint density at radius 2 is 2.08 bits per heavy atom. The molecule has 0 saturated carbocycles. The van der Waals surface area contributed by atoms with Crippen molar-refractivity contribution >= 4 is 11.0 Å². The van der Waals surface area contributed by atoms with Crippen LogP contribution in [-0.4, -0.2) is 34.4 Å². The molecule has 0 amide bonds. The van der Waals surface area contributed by atoms with Crippen LogP contribution in [0.4, 0.5) is 0 Å². The van der Waals surface area contributed by atoms with Crippen LogP contribution in [0.1, 0.15) is 19.3 Å². The van der Waals surface area contributed by atoms with Crippen molar-refractivity contribution in [2.24, 2.45) is 11.7 Å². The second-order valence-electron chi connectivity index (χ2n) is 3.37. The summed E-state index contributed by atoms with van der Waals surface area (Å²) in [5.74, 6) is 0.773. The summed E-state index contributed by atoms with van der Waals surface area (Å²) in [6.07, 6.45) is 5.21. The Balaban J connectivity index is 2.25. The minimum Gasteiger partial charge on any atom is -0.330 e. The molecule has 0 bridgehead atoms. The van der Waals surface area contributed by atoms with E-state index >= 15 is 0 Å². The highest BCUT2D eigenvalue weighted by molar-refractivity contribution is 7.81. The number of nitrogens with two attached hydrogens (primary N) is 1. The van der Waals surface area contributed by atoms with Crippen LogP contribution in [0.25, 0.3) is 0 Å². The zero-order valence-corrected chi connectivity index (χ0v) is 8.48. The molecule has 1 fully saturated rings. The number of nitrogens with zero attached hydrogens (tertiary/aromatic N) is 1. The van der Waals surface area contributed by atoms with Gasteiger partial charge in [0, 0.05) is 19.3 Å². The van der Waals surface area contributed by atoms with Gasteiger partial charge in [-0.1, -0.05) is 0 Å². The zero-order valence-electron chi connectivity index (χ0n) is 7.66. The molecule has 0 aliphatic carbocycles. The summed E-state index contributed by atoms with van der Waals surface area (Å²) in [6.45, 7) is 2.75. The summed E-state index contributed by atoms with van der Waals surface area (Å²) >= 11 is 0. The Hall–Kier alpha value is 0.0700. The third-order valence-corrected chi connectivity index (χ3v) is 3.60. The van der Waals surface area contributed by atoms with Crippen molar-refractivity contribution in [3.05, 3.63) is 0 Å². The summed E-state index contributed by atoms with van der Waals surface area (Å²) in [4.78, 5) is 0. The molecule has 1 heterocycles. The van der Waals surface area contributed by atoms with Gasteiger partial charge < -0.3 is 5.73 Å². The van der Waals surface area contributed by atoms with Gasteiger partial charge in [-0.25, -0.2) is 8.51 Å². The second kappa shape index (κ2) is 4.94. The number of rotatable bonds is 3. The zero-order chi connectivity index (χ0) is 8.97. The average Bonchev–Trinajstić information content (AvgIpc) is 2.06.